The van der Waals surface area contributed by atoms with Crippen LogP contribution in [0.1, 0.15) is 6.92 Å². The molecule has 0 saturated carbocycles. The zero-order chi connectivity index (χ0) is 11.3. The van der Waals surface area contributed by atoms with E-state index in [0.717, 1.165) is 10.6 Å². The van der Waals surface area contributed by atoms with Gasteiger partial charge in [0.15, 0.2) is 0 Å². The Morgan fingerprint density at radius 3 is 2.47 bits per heavy atom. The second-order valence-electron chi connectivity index (χ2n) is 3.38. The smallest absolute Gasteiger partial charge is 0.118 e. The lowest BCUT2D eigenvalue weighted by Gasteiger charge is -2.09. The van der Waals surface area contributed by atoms with E-state index in [-0.39, 0.29) is 6.04 Å². The molecule has 1 rings (SSSR count). The number of ether oxygens (including phenoxy) is 1. The zero-order valence-corrected chi connectivity index (χ0v) is 10.1. The van der Waals surface area contributed by atoms with Crippen LogP contribution in [0.2, 0.25) is 0 Å². The summed E-state index contributed by atoms with van der Waals surface area (Å²) in [6, 6.07) is 7.61. The standard InChI is InChI=1S/C11H17NO2S/c1-9(12-2)8-15(13)11-6-4-10(14-3)5-7-11/h4-7,9,12H,8H2,1-3H3. The van der Waals surface area contributed by atoms with Crippen LogP contribution in [-0.4, -0.2) is 30.2 Å². The maximum Gasteiger partial charge on any atom is 0.118 e. The summed E-state index contributed by atoms with van der Waals surface area (Å²) >= 11 is 0. The van der Waals surface area contributed by atoms with Crippen molar-refractivity contribution in [2.75, 3.05) is 19.9 Å². The van der Waals surface area contributed by atoms with Crippen LogP contribution in [-0.2, 0) is 10.8 Å². The summed E-state index contributed by atoms with van der Waals surface area (Å²) < 4.78 is 16.9. The van der Waals surface area contributed by atoms with Crippen molar-refractivity contribution in [2.24, 2.45) is 0 Å². The Kier molecular flexibility index (Phi) is 4.78. The van der Waals surface area contributed by atoms with Gasteiger partial charge in [0.1, 0.15) is 5.75 Å². The van der Waals surface area contributed by atoms with Crippen LogP contribution < -0.4 is 10.1 Å². The van der Waals surface area contributed by atoms with Crippen LogP contribution in [0, 0.1) is 0 Å². The summed E-state index contributed by atoms with van der Waals surface area (Å²) in [6.07, 6.45) is 0. The molecule has 1 N–H and O–H groups in total. The summed E-state index contributed by atoms with van der Waals surface area (Å²) in [5.74, 6) is 1.42. The summed E-state index contributed by atoms with van der Waals surface area (Å²) in [7, 11) is 2.55. The van der Waals surface area contributed by atoms with E-state index in [1.54, 1.807) is 7.11 Å². The first kappa shape index (κ1) is 12.2. The van der Waals surface area contributed by atoms with E-state index < -0.39 is 10.8 Å². The van der Waals surface area contributed by atoms with Gasteiger partial charge in [0.2, 0.25) is 0 Å². The highest BCUT2D eigenvalue weighted by Gasteiger charge is 2.07. The molecule has 1 aromatic rings. The molecule has 84 valence electrons. The van der Waals surface area contributed by atoms with Gasteiger partial charge in [-0.05, 0) is 38.2 Å². The highest BCUT2D eigenvalue weighted by Crippen LogP contribution is 2.14. The topological polar surface area (TPSA) is 38.3 Å². The summed E-state index contributed by atoms with van der Waals surface area (Å²) in [5, 5.41) is 3.07. The lowest BCUT2D eigenvalue weighted by Crippen LogP contribution is -2.27. The summed E-state index contributed by atoms with van der Waals surface area (Å²) in [6.45, 7) is 2.02. The van der Waals surface area contributed by atoms with Crippen molar-refractivity contribution < 1.29 is 8.95 Å². The van der Waals surface area contributed by atoms with Crippen LogP contribution in [0.25, 0.3) is 0 Å². The van der Waals surface area contributed by atoms with Gasteiger partial charge in [0.25, 0.3) is 0 Å². The predicted octanol–water partition coefficient (Wildman–Crippen LogP) is 1.41. The number of methoxy groups -OCH3 is 1. The van der Waals surface area contributed by atoms with Crippen molar-refractivity contribution in [1.29, 1.82) is 0 Å². The molecule has 0 saturated heterocycles. The number of rotatable bonds is 5. The molecular formula is C11H17NO2S. The van der Waals surface area contributed by atoms with E-state index in [1.807, 2.05) is 38.2 Å². The molecule has 2 unspecified atom stereocenters. The Bertz CT molecular complexity index is 324. The molecule has 0 aliphatic heterocycles. The highest BCUT2D eigenvalue weighted by atomic mass is 32.2. The van der Waals surface area contributed by atoms with Gasteiger partial charge < -0.3 is 10.1 Å². The first-order valence-electron chi connectivity index (χ1n) is 4.87. The molecule has 0 heterocycles. The molecule has 0 radical (unpaired) electrons. The molecule has 0 amide bonds. The quantitative estimate of drug-likeness (QED) is 0.826. The first-order chi connectivity index (χ1) is 7.17. The maximum absolute atomic E-state index is 11.8. The Morgan fingerprint density at radius 2 is 2.00 bits per heavy atom. The van der Waals surface area contributed by atoms with Crippen LogP contribution in [0.3, 0.4) is 0 Å². The minimum Gasteiger partial charge on any atom is -0.497 e. The fourth-order valence-electron chi connectivity index (χ4n) is 1.13. The molecule has 0 aliphatic carbocycles. The molecule has 0 aromatic heterocycles. The van der Waals surface area contributed by atoms with E-state index >= 15 is 0 Å². The van der Waals surface area contributed by atoms with Crippen LogP contribution >= 0.6 is 0 Å². The minimum atomic E-state index is -0.942. The van der Waals surface area contributed by atoms with Gasteiger partial charge in [0.05, 0.1) is 17.9 Å². The Morgan fingerprint density at radius 1 is 1.40 bits per heavy atom. The molecular weight excluding hydrogens is 210 g/mol. The molecule has 4 heteroatoms. The van der Waals surface area contributed by atoms with Crippen molar-refractivity contribution >= 4 is 10.8 Å². The lowest BCUT2D eigenvalue weighted by molar-refractivity contribution is 0.414. The van der Waals surface area contributed by atoms with Gasteiger partial charge in [0, 0.05) is 16.7 Å². The van der Waals surface area contributed by atoms with Crippen molar-refractivity contribution in [3.8, 4) is 5.75 Å². The van der Waals surface area contributed by atoms with Gasteiger partial charge in [-0.3, -0.25) is 4.21 Å². The number of hydrogen-bond donors (Lipinski definition) is 1. The van der Waals surface area contributed by atoms with E-state index in [0.29, 0.717) is 5.75 Å². The third-order valence-electron chi connectivity index (χ3n) is 2.22. The van der Waals surface area contributed by atoms with E-state index in [1.165, 1.54) is 0 Å². The average Bonchev–Trinajstić information content (AvgIpc) is 2.29. The predicted molar refractivity (Wildman–Crippen MR) is 62.8 cm³/mol. The molecule has 0 bridgehead atoms. The normalized spacial score (nSPS) is 14.6. The molecule has 0 aliphatic rings. The van der Waals surface area contributed by atoms with Crippen molar-refractivity contribution in [2.45, 2.75) is 17.9 Å². The minimum absolute atomic E-state index is 0.257. The monoisotopic (exact) mass is 227 g/mol. The van der Waals surface area contributed by atoms with E-state index in [4.69, 9.17) is 4.74 Å². The van der Waals surface area contributed by atoms with Crippen molar-refractivity contribution in [3.05, 3.63) is 24.3 Å². The summed E-state index contributed by atoms with van der Waals surface area (Å²) in [5.41, 5.74) is 0. The van der Waals surface area contributed by atoms with Crippen LogP contribution in [0.4, 0.5) is 0 Å². The first-order valence-corrected chi connectivity index (χ1v) is 6.19. The van der Waals surface area contributed by atoms with Gasteiger partial charge in [-0.15, -0.1) is 0 Å². The Hall–Kier alpha value is -0.870. The van der Waals surface area contributed by atoms with Crippen molar-refractivity contribution in [1.82, 2.24) is 5.32 Å². The maximum atomic E-state index is 11.8. The number of nitrogens with one attached hydrogen (secondary N) is 1. The number of hydrogen-bond acceptors (Lipinski definition) is 3. The second-order valence-corrected chi connectivity index (χ2v) is 4.87. The van der Waals surface area contributed by atoms with Crippen molar-refractivity contribution in [3.63, 3.8) is 0 Å². The third kappa shape index (κ3) is 3.64. The molecule has 3 nitrogen and oxygen atoms in total. The Balaban J connectivity index is 2.66. The fourth-order valence-corrected chi connectivity index (χ4v) is 2.39. The second kappa shape index (κ2) is 5.88. The SMILES string of the molecule is CNC(C)CS(=O)c1ccc(OC)cc1. The lowest BCUT2D eigenvalue weighted by atomic mass is 10.3. The fraction of sp³-hybridized carbons (Fsp3) is 0.455. The van der Waals surface area contributed by atoms with Gasteiger partial charge in [-0.1, -0.05) is 0 Å². The third-order valence-corrected chi connectivity index (χ3v) is 3.82. The molecule has 2 atom stereocenters. The zero-order valence-electron chi connectivity index (χ0n) is 9.32. The molecule has 1 aromatic carbocycles. The largest absolute Gasteiger partial charge is 0.497 e. The Labute approximate surface area is 93.3 Å². The van der Waals surface area contributed by atoms with Gasteiger partial charge in [-0.25, -0.2) is 0 Å². The van der Waals surface area contributed by atoms with E-state index in [2.05, 4.69) is 5.32 Å². The van der Waals surface area contributed by atoms with Crippen LogP contribution in [0.15, 0.2) is 29.2 Å². The highest BCUT2D eigenvalue weighted by molar-refractivity contribution is 7.85. The molecule has 0 spiro atoms. The molecule has 15 heavy (non-hydrogen) atoms. The number of benzene rings is 1. The molecule has 0 fully saturated rings. The summed E-state index contributed by atoms with van der Waals surface area (Å²) in [4.78, 5) is 0.845. The average molecular weight is 227 g/mol. The van der Waals surface area contributed by atoms with Crippen LogP contribution in [0.5, 0.6) is 5.75 Å². The van der Waals surface area contributed by atoms with Gasteiger partial charge >= 0.3 is 0 Å². The van der Waals surface area contributed by atoms with Gasteiger partial charge in [-0.2, -0.15) is 0 Å². The van der Waals surface area contributed by atoms with E-state index in [9.17, 15) is 4.21 Å².